The fourth-order valence-corrected chi connectivity index (χ4v) is 5.15. The Kier molecular flexibility index (Phi) is 5.44. The Balaban J connectivity index is 1.41. The van der Waals surface area contributed by atoms with E-state index in [1.807, 2.05) is 18.2 Å². The number of hydrogen-bond acceptors (Lipinski definition) is 5. The molecule has 0 atom stereocenters. The van der Waals surface area contributed by atoms with Gasteiger partial charge in [-0.1, -0.05) is 23.2 Å². The van der Waals surface area contributed by atoms with E-state index in [2.05, 4.69) is 15.3 Å². The van der Waals surface area contributed by atoms with Gasteiger partial charge in [-0.25, -0.2) is 13.4 Å². The smallest absolute Gasteiger partial charge is 0.257 e. The van der Waals surface area contributed by atoms with Gasteiger partial charge < -0.3 is 5.32 Å². The quantitative estimate of drug-likeness (QED) is 0.427. The highest BCUT2D eigenvalue weighted by molar-refractivity contribution is 7.94. The van der Waals surface area contributed by atoms with Crippen molar-refractivity contribution in [2.75, 3.05) is 21.9 Å². The molecule has 33 heavy (non-hydrogen) atoms. The van der Waals surface area contributed by atoms with Crippen LogP contribution in [-0.2, 0) is 10.0 Å². The number of anilines is 2. The van der Waals surface area contributed by atoms with Crippen LogP contribution in [0, 0.1) is 0 Å². The number of benzene rings is 2. The summed E-state index contributed by atoms with van der Waals surface area (Å²) >= 11 is 12.7. The maximum absolute atomic E-state index is 12.9. The Morgan fingerprint density at radius 3 is 2.58 bits per heavy atom. The first-order valence-electron chi connectivity index (χ1n) is 9.94. The first-order chi connectivity index (χ1) is 15.8. The number of nitrogens with zero attached hydrogens (tertiary/aromatic N) is 3. The standard InChI is InChI=1S/C23H16Cl2N4O3S/c24-19-5-2-15(11-18(19)22-6-1-14-13-26-8-7-21(14)28-22)27-23(30)17-4-3-16(12-20(17)25)29-9-10-33(29,31)32/h1-8,11-13H,9-10H2,(H,27,30). The molecule has 0 saturated carbocycles. The summed E-state index contributed by atoms with van der Waals surface area (Å²) in [5.41, 5.74) is 3.29. The summed E-state index contributed by atoms with van der Waals surface area (Å²) in [5, 5.41) is 4.37. The van der Waals surface area contributed by atoms with Crippen molar-refractivity contribution >= 4 is 61.4 Å². The third-order valence-corrected chi connectivity index (χ3v) is 7.77. The Labute approximate surface area is 200 Å². The third-order valence-electron chi connectivity index (χ3n) is 5.36. The van der Waals surface area contributed by atoms with Gasteiger partial charge in [0, 0.05) is 35.6 Å². The molecule has 4 aromatic rings. The number of aromatic nitrogens is 2. The molecule has 2 aromatic carbocycles. The van der Waals surface area contributed by atoms with Crippen molar-refractivity contribution in [3.63, 3.8) is 0 Å². The molecule has 1 fully saturated rings. The van der Waals surface area contributed by atoms with E-state index in [4.69, 9.17) is 23.2 Å². The van der Waals surface area contributed by atoms with Gasteiger partial charge in [0.2, 0.25) is 10.0 Å². The third kappa shape index (κ3) is 4.13. The van der Waals surface area contributed by atoms with Crippen LogP contribution in [0.1, 0.15) is 10.4 Å². The Bertz CT molecular complexity index is 1530. The number of halogens is 2. The van der Waals surface area contributed by atoms with Crippen molar-refractivity contribution in [1.29, 1.82) is 0 Å². The van der Waals surface area contributed by atoms with Crippen LogP contribution in [0.25, 0.3) is 22.2 Å². The molecule has 3 heterocycles. The van der Waals surface area contributed by atoms with E-state index in [9.17, 15) is 13.2 Å². The molecule has 10 heteroatoms. The van der Waals surface area contributed by atoms with Crippen molar-refractivity contribution < 1.29 is 13.2 Å². The molecule has 1 aliphatic heterocycles. The predicted molar refractivity (Wildman–Crippen MR) is 131 cm³/mol. The largest absolute Gasteiger partial charge is 0.322 e. The molecule has 2 aromatic heterocycles. The van der Waals surface area contributed by atoms with Crippen molar-refractivity contribution in [2.45, 2.75) is 0 Å². The molecule has 0 aliphatic carbocycles. The van der Waals surface area contributed by atoms with Crippen molar-refractivity contribution in [1.82, 2.24) is 9.97 Å². The predicted octanol–water partition coefficient (Wildman–Crippen LogP) is 5.01. The monoisotopic (exact) mass is 498 g/mol. The zero-order chi connectivity index (χ0) is 23.2. The summed E-state index contributed by atoms with van der Waals surface area (Å²) in [5.74, 6) is -0.321. The number of carbonyl (C=O) groups is 1. The first-order valence-corrected chi connectivity index (χ1v) is 12.3. The lowest BCUT2D eigenvalue weighted by Gasteiger charge is -2.32. The minimum Gasteiger partial charge on any atom is -0.322 e. The van der Waals surface area contributed by atoms with Gasteiger partial charge in [0.1, 0.15) is 0 Å². The highest BCUT2D eigenvalue weighted by Crippen LogP contribution is 2.32. The van der Waals surface area contributed by atoms with E-state index in [0.717, 1.165) is 10.9 Å². The summed E-state index contributed by atoms with van der Waals surface area (Å²) in [4.78, 5) is 21.6. The number of amides is 1. The maximum Gasteiger partial charge on any atom is 0.257 e. The Morgan fingerprint density at radius 2 is 1.85 bits per heavy atom. The number of fused-ring (bicyclic) bond motifs is 1. The van der Waals surface area contributed by atoms with E-state index in [1.54, 1.807) is 36.7 Å². The van der Waals surface area contributed by atoms with Gasteiger partial charge in [-0.15, -0.1) is 0 Å². The molecule has 5 rings (SSSR count). The minimum absolute atomic E-state index is 0.106. The first kappa shape index (κ1) is 21.6. The topological polar surface area (TPSA) is 92.3 Å². The lowest BCUT2D eigenvalue weighted by molar-refractivity contribution is 0.102. The lowest BCUT2D eigenvalue weighted by atomic mass is 10.1. The molecule has 1 saturated heterocycles. The molecule has 166 valence electrons. The zero-order valence-corrected chi connectivity index (χ0v) is 19.3. The summed E-state index contributed by atoms with van der Waals surface area (Å²) in [6.45, 7) is 0.400. The van der Waals surface area contributed by atoms with Crippen molar-refractivity contribution in [3.05, 3.63) is 82.6 Å². The van der Waals surface area contributed by atoms with Gasteiger partial charge in [-0.3, -0.25) is 14.1 Å². The molecular formula is C23H16Cl2N4O3S. The number of rotatable bonds is 4. The van der Waals surface area contributed by atoms with Crippen LogP contribution in [0.4, 0.5) is 11.4 Å². The van der Waals surface area contributed by atoms with Crippen molar-refractivity contribution in [2.24, 2.45) is 0 Å². The molecule has 0 spiro atoms. The molecule has 0 bridgehead atoms. The number of nitrogens with one attached hydrogen (secondary N) is 1. The van der Waals surface area contributed by atoms with Gasteiger partial charge in [-0.05, 0) is 54.6 Å². The van der Waals surface area contributed by atoms with Crippen LogP contribution >= 0.6 is 23.2 Å². The second kappa shape index (κ2) is 8.30. The van der Waals surface area contributed by atoms with E-state index >= 15 is 0 Å². The number of carbonyl (C=O) groups excluding carboxylic acids is 1. The molecule has 1 amide bonds. The van der Waals surface area contributed by atoms with E-state index in [-0.39, 0.29) is 16.3 Å². The molecule has 1 N–H and O–H groups in total. The minimum atomic E-state index is -3.27. The summed E-state index contributed by atoms with van der Waals surface area (Å²) < 4.78 is 24.9. The van der Waals surface area contributed by atoms with E-state index < -0.39 is 15.9 Å². The zero-order valence-electron chi connectivity index (χ0n) is 17.0. The van der Waals surface area contributed by atoms with Crippen LogP contribution in [0.3, 0.4) is 0 Å². The Morgan fingerprint density at radius 1 is 1.00 bits per heavy atom. The van der Waals surface area contributed by atoms with Crippen LogP contribution in [0.15, 0.2) is 67.0 Å². The normalized spacial score (nSPS) is 14.7. The number of hydrogen-bond donors (Lipinski definition) is 1. The SMILES string of the molecule is O=C(Nc1ccc(Cl)c(-c2ccc3cnccc3n2)c1)c1ccc(N2CCS2(=O)=O)cc1Cl. The van der Waals surface area contributed by atoms with Crippen LogP contribution < -0.4 is 9.62 Å². The van der Waals surface area contributed by atoms with Gasteiger partial charge >= 0.3 is 0 Å². The van der Waals surface area contributed by atoms with Gasteiger partial charge in [0.25, 0.3) is 5.91 Å². The average Bonchev–Trinajstić information content (AvgIpc) is 2.79. The number of sulfonamides is 1. The fourth-order valence-electron chi connectivity index (χ4n) is 3.58. The van der Waals surface area contributed by atoms with Gasteiger partial charge in [0.15, 0.2) is 0 Å². The second-order valence-corrected chi connectivity index (χ2v) is 10.3. The highest BCUT2D eigenvalue weighted by Gasteiger charge is 2.33. The summed E-state index contributed by atoms with van der Waals surface area (Å²) in [7, 11) is -3.27. The average molecular weight is 499 g/mol. The van der Waals surface area contributed by atoms with Crippen molar-refractivity contribution in [3.8, 4) is 11.3 Å². The molecule has 7 nitrogen and oxygen atoms in total. The van der Waals surface area contributed by atoms with Gasteiger partial charge in [-0.2, -0.15) is 0 Å². The fraction of sp³-hybridized carbons (Fsp3) is 0.0870. The van der Waals surface area contributed by atoms with Crippen LogP contribution in [0.2, 0.25) is 10.0 Å². The summed E-state index contributed by atoms with van der Waals surface area (Å²) in [6, 6.07) is 15.2. The number of pyridine rings is 2. The molecule has 0 radical (unpaired) electrons. The highest BCUT2D eigenvalue weighted by atomic mass is 35.5. The lowest BCUT2D eigenvalue weighted by Crippen LogP contribution is -2.47. The van der Waals surface area contributed by atoms with E-state index in [0.29, 0.717) is 34.2 Å². The molecule has 1 aliphatic rings. The van der Waals surface area contributed by atoms with Crippen LogP contribution in [-0.4, -0.2) is 36.6 Å². The maximum atomic E-state index is 12.9. The summed E-state index contributed by atoms with van der Waals surface area (Å²) in [6.07, 6.45) is 3.40. The van der Waals surface area contributed by atoms with Gasteiger partial charge in [0.05, 0.1) is 38.3 Å². The second-order valence-electron chi connectivity index (χ2n) is 7.47. The van der Waals surface area contributed by atoms with E-state index in [1.165, 1.54) is 16.4 Å². The molecular weight excluding hydrogens is 483 g/mol. The van der Waals surface area contributed by atoms with Crippen LogP contribution in [0.5, 0.6) is 0 Å². The Hall–Kier alpha value is -3.20. The molecule has 0 unspecified atom stereocenters.